The molecule has 1 rings (SSSR count). The molecule has 0 amide bonds. The highest BCUT2D eigenvalue weighted by Crippen LogP contribution is 2.30. The van der Waals surface area contributed by atoms with Crippen LogP contribution in [-0.4, -0.2) is 82.0 Å². The summed E-state index contributed by atoms with van der Waals surface area (Å²) in [4.78, 5) is 6.62. The van der Waals surface area contributed by atoms with E-state index in [2.05, 4.69) is 34.4 Å². The van der Waals surface area contributed by atoms with Gasteiger partial charge in [0.25, 0.3) is 0 Å². The lowest BCUT2D eigenvalue weighted by molar-refractivity contribution is -0.0496. The van der Waals surface area contributed by atoms with E-state index in [1.54, 1.807) is 7.05 Å². The summed E-state index contributed by atoms with van der Waals surface area (Å²) in [7, 11) is -3.54. The molecule has 0 aromatic heterocycles. The van der Waals surface area contributed by atoms with Crippen molar-refractivity contribution in [2.75, 3.05) is 52.9 Å². The summed E-state index contributed by atoms with van der Waals surface area (Å²) in [5.41, 5.74) is -5.23. The molecule has 0 saturated carbocycles. The zero-order valence-corrected chi connectivity index (χ0v) is 21.3. The molecule has 0 aromatic carbocycles. The van der Waals surface area contributed by atoms with Crippen LogP contribution in [0.4, 0.5) is 13.2 Å². The molecule has 180 valence electrons. The van der Waals surface area contributed by atoms with Gasteiger partial charge >= 0.3 is 15.5 Å². The van der Waals surface area contributed by atoms with Gasteiger partial charge in [-0.25, -0.2) is 8.42 Å². The van der Waals surface area contributed by atoms with Crippen LogP contribution in [0.1, 0.15) is 46.0 Å². The third kappa shape index (κ3) is 9.86. The van der Waals surface area contributed by atoms with E-state index in [1.807, 2.05) is 0 Å². The fraction of sp³-hybridized carbons (Fsp3) is 0.944. The van der Waals surface area contributed by atoms with Crippen molar-refractivity contribution >= 4 is 40.0 Å². The Kier molecular flexibility index (Phi) is 14.5. The van der Waals surface area contributed by atoms with Crippen molar-refractivity contribution in [1.82, 2.24) is 19.8 Å². The second kappa shape index (κ2) is 14.7. The number of alkyl halides is 3. The Balaban J connectivity index is 0.00000841. The SMILES string of the molecule is CCCN(CCC)CCCNC(=NC)NCC1CCN(S(=O)(=O)C(F)(F)F)CC1.I. The van der Waals surface area contributed by atoms with Crippen LogP contribution in [0.25, 0.3) is 0 Å². The lowest BCUT2D eigenvalue weighted by atomic mass is 9.98. The largest absolute Gasteiger partial charge is 0.511 e. The summed E-state index contributed by atoms with van der Waals surface area (Å²) < 4.78 is 61.3. The molecule has 1 fully saturated rings. The molecule has 0 spiro atoms. The van der Waals surface area contributed by atoms with Crippen LogP contribution in [0.5, 0.6) is 0 Å². The molecule has 7 nitrogen and oxygen atoms in total. The number of halogens is 4. The minimum atomic E-state index is -5.23. The van der Waals surface area contributed by atoms with Gasteiger partial charge in [0.15, 0.2) is 5.96 Å². The standard InChI is InChI=1S/C18H36F3N5O2S.HI/c1-4-10-25(11-5-2)12-6-9-23-17(22-3)24-15-16-7-13-26(14-8-16)29(27,28)18(19,20)21;/h16H,4-15H2,1-3H3,(H2,22,23,24);1H. The van der Waals surface area contributed by atoms with Crippen LogP contribution in [0.2, 0.25) is 0 Å². The zero-order chi connectivity index (χ0) is 21.9. The van der Waals surface area contributed by atoms with Crippen LogP contribution in [0.15, 0.2) is 4.99 Å². The first kappa shape index (κ1) is 29.7. The maximum atomic E-state index is 12.6. The molecule has 1 aliphatic heterocycles. The van der Waals surface area contributed by atoms with Gasteiger partial charge in [-0.1, -0.05) is 13.8 Å². The lowest BCUT2D eigenvalue weighted by Gasteiger charge is -2.31. The van der Waals surface area contributed by atoms with Gasteiger partial charge in [-0.15, -0.1) is 24.0 Å². The van der Waals surface area contributed by atoms with Gasteiger partial charge in [0.05, 0.1) is 0 Å². The van der Waals surface area contributed by atoms with E-state index in [0.717, 1.165) is 45.4 Å². The van der Waals surface area contributed by atoms with Crippen molar-refractivity contribution < 1.29 is 21.6 Å². The molecule has 0 radical (unpaired) electrons. The van der Waals surface area contributed by atoms with Gasteiger partial charge in [0.2, 0.25) is 0 Å². The predicted octanol–water partition coefficient (Wildman–Crippen LogP) is 2.84. The number of nitrogens with zero attached hydrogens (tertiary/aromatic N) is 3. The first-order chi connectivity index (χ1) is 13.7. The smallest absolute Gasteiger partial charge is 0.356 e. The first-order valence-electron chi connectivity index (χ1n) is 10.4. The number of guanidine groups is 1. The Morgan fingerprint density at radius 3 is 2.13 bits per heavy atom. The first-order valence-corrected chi connectivity index (χ1v) is 11.8. The van der Waals surface area contributed by atoms with Crippen LogP contribution in [0, 0.1) is 5.92 Å². The Hall–Kier alpha value is -0.340. The van der Waals surface area contributed by atoms with Crippen molar-refractivity contribution in [1.29, 1.82) is 0 Å². The Bertz CT molecular complexity index is 591. The van der Waals surface area contributed by atoms with E-state index in [0.29, 0.717) is 29.7 Å². The second-order valence-electron chi connectivity index (χ2n) is 7.37. The number of aliphatic imine (C=N–C) groups is 1. The molecule has 0 aliphatic carbocycles. The van der Waals surface area contributed by atoms with Gasteiger partial charge in [-0.2, -0.15) is 17.5 Å². The highest BCUT2D eigenvalue weighted by molar-refractivity contribution is 14.0. The number of rotatable bonds is 11. The average molecular weight is 571 g/mol. The van der Waals surface area contributed by atoms with Gasteiger partial charge in [-0.05, 0) is 57.7 Å². The van der Waals surface area contributed by atoms with Gasteiger partial charge in [0.1, 0.15) is 0 Å². The van der Waals surface area contributed by atoms with Crippen LogP contribution in [0.3, 0.4) is 0 Å². The molecular formula is C18H37F3IN5O2S. The molecule has 1 heterocycles. The minimum absolute atomic E-state index is 0. The molecular weight excluding hydrogens is 534 g/mol. The molecule has 0 atom stereocenters. The number of hydrogen-bond donors (Lipinski definition) is 2. The molecule has 30 heavy (non-hydrogen) atoms. The zero-order valence-electron chi connectivity index (χ0n) is 18.2. The average Bonchev–Trinajstić information content (AvgIpc) is 2.67. The summed E-state index contributed by atoms with van der Waals surface area (Å²) in [6, 6.07) is 0. The maximum Gasteiger partial charge on any atom is 0.511 e. The van der Waals surface area contributed by atoms with Crippen molar-refractivity contribution in [3.8, 4) is 0 Å². The Morgan fingerprint density at radius 2 is 1.67 bits per heavy atom. The molecule has 0 aromatic rings. The highest BCUT2D eigenvalue weighted by Gasteiger charge is 2.50. The Labute approximate surface area is 196 Å². The summed E-state index contributed by atoms with van der Waals surface area (Å²) in [5.74, 6) is 0.769. The van der Waals surface area contributed by atoms with Crippen molar-refractivity contribution in [2.45, 2.75) is 51.5 Å². The summed E-state index contributed by atoms with van der Waals surface area (Å²) in [6.07, 6.45) is 4.05. The van der Waals surface area contributed by atoms with Crippen molar-refractivity contribution in [3.05, 3.63) is 0 Å². The quantitative estimate of drug-likeness (QED) is 0.173. The molecule has 12 heteroatoms. The summed E-state index contributed by atoms with van der Waals surface area (Å²) in [5, 5.41) is 6.46. The van der Waals surface area contributed by atoms with E-state index in [1.165, 1.54) is 0 Å². The van der Waals surface area contributed by atoms with Gasteiger partial charge in [-0.3, -0.25) is 4.99 Å². The van der Waals surface area contributed by atoms with Crippen LogP contribution >= 0.6 is 24.0 Å². The van der Waals surface area contributed by atoms with Crippen molar-refractivity contribution in [2.24, 2.45) is 10.9 Å². The van der Waals surface area contributed by atoms with E-state index in [4.69, 9.17) is 0 Å². The third-order valence-electron chi connectivity index (χ3n) is 5.01. The van der Waals surface area contributed by atoms with Crippen LogP contribution < -0.4 is 10.6 Å². The normalized spacial score (nSPS) is 17.1. The van der Waals surface area contributed by atoms with E-state index >= 15 is 0 Å². The topological polar surface area (TPSA) is 77.0 Å². The van der Waals surface area contributed by atoms with Gasteiger partial charge < -0.3 is 15.5 Å². The van der Waals surface area contributed by atoms with E-state index in [9.17, 15) is 21.6 Å². The van der Waals surface area contributed by atoms with Crippen molar-refractivity contribution in [3.63, 3.8) is 0 Å². The highest BCUT2D eigenvalue weighted by atomic mass is 127. The van der Waals surface area contributed by atoms with E-state index in [-0.39, 0.29) is 43.0 Å². The molecule has 0 unspecified atom stereocenters. The fourth-order valence-electron chi connectivity index (χ4n) is 3.44. The minimum Gasteiger partial charge on any atom is -0.356 e. The number of sulfonamides is 1. The maximum absolute atomic E-state index is 12.6. The monoisotopic (exact) mass is 571 g/mol. The molecule has 0 bridgehead atoms. The molecule has 1 saturated heterocycles. The Morgan fingerprint density at radius 1 is 1.10 bits per heavy atom. The predicted molar refractivity (Wildman–Crippen MR) is 126 cm³/mol. The summed E-state index contributed by atoms with van der Waals surface area (Å²) >= 11 is 0. The number of nitrogens with one attached hydrogen (secondary N) is 2. The second-order valence-corrected chi connectivity index (χ2v) is 9.30. The van der Waals surface area contributed by atoms with Crippen LogP contribution in [-0.2, 0) is 10.0 Å². The number of hydrogen-bond acceptors (Lipinski definition) is 4. The molecule has 1 aliphatic rings. The number of piperidine rings is 1. The molecule has 2 N–H and O–H groups in total. The lowest BCUT2D eigenvalue weighted by Crippen LogP contribution is -2.47. The summed E-state index contributed by atoms with van der Waals surface area (Å²) in [6.45, 7) is 8.70. The van der Waals surface area contributed by atoms with Gasteiger partial charge in [0, 0.05) is 33.2 Å². The fourth-order valence-corrected chi connectivity index (χ4v) is 4.42. The van der Waals surface area contributed by atoms with E-state index < -0.39 is 15.5 Å². The third-order valence-corrected chi connectivity index (χ3v) is 6.64.